The number of fused-ring (bicyclic) bond motifs is 1. The number of amides is 3. The van der Waals surface area contributed by atoms with Gasteiger partial charge in [0, 0.05) is 24.0 Å². The van der Waals surface area contributed by atoms with Crippen molar-refractivity contribution in [1.82, 2.24) is 10.2 Å². The van der Waals surface area contributed by atoms with E-state index in [9.17, 15) is 14.4 Å². The van der Waals surface area contributed by atoms with Crippen molar-refractivity contribution in [1.29, 1.82) is 0 Å². The maximum Gasteiger partial charge on any atom is 0.324 e. The Morgan fingerprint density at radius 3 is 2.72 bits per heavy atom. The second-order valence-electron chi connectivity index (χ2n) is 6.22. The molecule has 25 heavy (non-hydrogen) atoms. The van der Waals surface area contributed by atoms with Crippen LogP contribution < -0.4 is 5.32 Å². The number of nitrogens with zero attached hydrogens (tertiary/aromatic N) is 1. The molecule has 7 heteroatoms. The van der Waals surface area contributed by atoms with E-state index in [4.69, 9.17) is 9.15 Å². The van der Waals surface area contributed by atoms with Crippen LogP contribution in [0.5, 0.6) is 0 Å². The number of urea groups is 1. The molecule has 1 aromatic carbocycles. The van der Waals surface area contributed by atoms with E-state index in [1.54, 1.807) is 0 Å². The summed E-state index contributed by atoms with van der Waals surface area (Å²) in [6.07, 6.45) is 0.517. The van der Waals surface area contributed by atoms with E-state index in [0.717, 1.165) is 21.4 Å². The van der Waals surface area contributed by atoms with E-state index >= 15 is 0 Å². The minimum absolute atomic E-state index is 0.000677. The van der Waals surface area contributed by atoms with Crippen molar-refractivity contribution < 1.29 is 23.5 Å². The van der Waals surface area contributed by atoms with Crippen molar-refractivity contribution in [3.05, 3.63) is 35.1 Å². The first kappa shape index (κ1) is 17.0. The zero-order valence-electron chi connectivity index (χ0n) is 14.4. The van der Waals surface area contributed by atoms with E-state index in [2.05, 4.69) is 5.32 Å². The summed E-state index contributed by atoms with van der Waals surface area (Å²) in [4.78, 5) is 36.9. The molecule has 1 atom stereocenters. The monoisotopic (exact) mass is 344 g/mol. The van der Waals surface area contributed by atoms with Crippen LogP contribution in [0.2, 0.25) is 0 Å². The van der Waals surface area contributed by atoms with Crippen molar-refractivity contribution >= 4 is 28.9 Å². The Bertz CT molecular complexity index is 855. The first-order valence-electron chi connectivity index (χ1n) is 8.13. The van der Waals surface area contributed by atoms with Crippen LogP contribution in [0.25, 0.3) is 11.0 Å². The van der Waals surface area contributed by atoms with Gasteiger partial charge in [0.1, 0.15) is 5.58 Å². The standard InChI is InChI=1S/C18H20N2O5/c1-10-6-14-13(9-24-15(14)7-11(10)2)8-16(21)25-12(3)17(22)20-5-4-19-18(20)23/h6-7,9,12H,4-5,8H2,1-3H3,(H,19,23)/t12-/m1/s1. The van der Waals surface area contributed by atoms with Gasteiger partial charge in [0.25, 0.3) is 5.91 Å². The van der Waals surface area contributed by atoms with Crippen LogP contribution in [0.3, 0.4) is 0 Å². The maximum atomic E-state index is 12.2. The Morgan fingerprint density at radius 2 is 2.04 bits per heavy atom. The number of furan rings is 1. The summed E-state index contributed by atoms with van der Waals surface area (Å²) in [5, 5.41) is 3.40. The van der Waals surface area contributed by atoms with Gasteiger partial charge in [0.2, 0.25) is 0 Å². The number of hydrogen-bond acceptors (Lipinski definition) is 5. The van der Waals surface area contributed by atoms with Gasteiger partial charge in [0.05, 0.1) is 12.7 Å². The molecule has 1 aliphatic rings. The fourth-order valence-electron chi connectivity index (χ4n) is 2.82. The molecule has 1 N–H and O–H groups in total. The number of rotatable bonds is 4. The fraction of sp³-hybridized carbons (Fsp3) is 0.389. The second kappa shape index (κ2) is 6.58. The number of carbonyl (C=O) groups is 3. The van der Waals surface area contributed by atoms with Gasteiger partial charge in [-0.1, -0.05) is 0 Å². The predicted molar refractivity (Wildman–Crippen MR) is 90.1 cm³/mol. The highest BCUT2D eigenvalue weighted by atomic mass is 16.5. The number of aryl methyl sites for hydroxylation is 2. The number of hydrogen-bond donors (Lipinski definition) is 1. The molecule has 0 spiro atoms. The number of imide groups is 1. The quantitative estimate of drug-likeness (QED) is 0.858. The summed E-state index contributed by atoms with van der Waals surface area (Å²) in [5.74, 6) is -1.06. The highest BCUT2D eigenvalue weighted by Crippen LogP contribution is 2.25. The van der Waals surface area contributed by atoms with Gasteiger partial charge in [0.15, 0.2) is 6.10 Å². The first-order chi connectivity index (χ1) is 11.9. The maximum absolute atomic E-state index is 12.2. The Kier molecular flexibility index (Phi) is 4.48. The Balaban J connectivity index is 1.67. The van der Waals surface area contributed by atoms with Gasteiger partial charge in [-0.2, -0.15) is 0 Å². The minimum Gasteiger partial charge on any atom is -0.464 e. The Labute approximate surface area is 144 Å². The van der Waals surface area contributed by atoms with Crippen LogP contribution in [0.4, 0.5) is 4.79 Å². The van der Waals surface area contributed by atoms with Crippen molar-refractivity contribution in [3.8, 4) is 0 Å². The third kappa shape index (κ3) is 3.35. The normalized spacial score (nSPS) is 15.3. The summed E-state index contributed by atoms with van der Waals surface area (Å²) < 4.78 is 10.7. The lowest BCUT2D eigenvalue weighted by molar-refractivity contribution is -0.156. The molecule has 1 fully saturated rings. The highest BCUT2D eigenvalue weighted by Gasteiger charge is 2.31. The van der Waals surface area contributed by atoms with E-state index in [1.807, 2.05) is 26.0 Å². The van der Waals surface area contributed by atoms with E-state index in [1.165, 1.54) is 13.2 Å². The van der Waals surface area contributed by atoms with Crippen molar-refractivity contribution in [2.24, 2.45) is 0 Å². The van der Waals surface area contributed by atoms with E-state index in [0.29, 0.717) is 17.7 Å². The number of esters is 1. The van der Waals surface area contributed by atoms with Crippen LogP contribution >= 0.6 is 0 Å². The van der Waals surface area contributed by atoms with Crippen LogP contribution in [-0.4, -0.2) is 42.0 Å². The van der Waals surface area contributed by atoms with Gasteiger partial charge in [-0.15, -0.1) is 0 Å². The highest BCUT2D eigenvalue weighted by molar-refractivity contribution is 5.98. The Morgan fingerprint density at radius 1 is 1.32 bits per heavy atom. The predicted octanol–water partition coefficient (Wildman–Crippen LogP) is 2.08. The topological polar surface area (TPSA) is 88.8 Å². The smallest absolute Gasteiger partial charge is 0.324 e. The molecular formula is C18H20N2O5. The molecule has 0 unspecified atom stereocenters. The summed E-state index contributed by atoms with van der Waals surface area (Å²) >= 11 is 0. The summed E-state index contributed by atoms with van der Waals surface area (Å²) in [6, 6.07) is 3.44. The molecule has 3 amide bonds. The number of ether oxygens (including phenoxy) is 1. The molecule has 3 rings (SSSR count). The third-order valence-corrected chi connectivity index (χ3v) is 4.38. The number of benzene rings is 1. The van der Waals surface area contributed by atoms with Crippen LogP contribution in [-0.2, 0) is 20.7 Å². The second-order valence-corrected chi connectivity index (χ2v) is 6.22. The molecule has 1 aliphatic heterocycles. The molecular weight excluding hydrogens is 324 g/mol. The van der Waals surface area contributed by atoms with Crippen molar-refractivity contribution in [2.45, 2.75) is 33.3 Å². The molecule has 1 saturated heterocycles. The summed E-state index contributed by atoms with van der Waals surface area (Å²) in [7, 11) is 0. The first-order valence-corrected chi connectivity index (χ1v) is 8.13. The average Bonchev–Trinajstić information content (AvgIpc) is 3.14. The summed E-state index contributed by atoms with van der Waals surface area (Å²) in [5.41, 5.74) is 3.64. The zero-order valence-corrected chi connectivity index (χ0v) is 14.4. The number of nitrogens with one attached hydrogen (secondary N) is 1. The van der Waals surface area contributed by atoms with Gasteiger partial charge in [-0.05, 0) is 44.0 Å². The van der Waals surface area contributed by atoms with Gasteiger partial charge in [-0.25, -0.2) is 4.79 Å². The molecule has 1 aromatic heterocycles. The fourth-order valence-corrected chi connectivity index (χ4v) is 2.82. The van der Waals surface area contributed by atoms with E-state index in [-0.39, 0.29) is 13.0 Å². The SMILES string of the molecule is Cc1cc2occ(CC(=O)O[C@H](C)C(=O)N3CCNC3=O)c2cc1C. The average molecular weight is 344 g/mol. The molecule has 2 heterocycles. The third-order valence-electron chi connectivity index (χ3n) is 4.38. The molecule has 0 radical (unpaired) electrons. The van der Waals surface area contributed by atoms with Crippen LogP contribution in [0.1, 0.15) is 23.6 Å². The van der Waals surface area contributed by atoms with Gasteiger partial charge in [-0.3, -0.25) is 14.5 Å². The van der Waals surface area contributed by atoms with Crippen LogP contribution in [0, 0.1) is 13.8 Å². The minimum atomic E-state index is -1.02. The molecule has 2 aromatic rings. The van der Waals surface area contributed by atoms with Crippen molar-refractivity contribution in [3.63, 3.8) is 0 Å². The van der Waals surface area contributed by atoms with Crippen LogP contribution in [0.15, 0.2) is 22.8 Å². The molecule has 0 bridgehead atoms. The summed E-state index contributed by atoms with van der Waals surface area (Å²) in [6.45, 7) is 6.14. The molecule has 0 aliphatic carbocycles. The lowest BCUT2D eigenvalue weighted by Gasteiger charge is -2.18. The largest absolute Gasteiger partial charge is 0.464 e. The van der Waals surface area contributed by atoms with Gasteiger partial charge < -0.3 is 14.5 Å². The molecule has 7 nitrogen and oxygen atoms in total. The zero-order chi connectivity index (χ0) is 18.1. The van der Waals surface area contributed by atoms with Crippen molar-refractivity contribution in [2.75, 3.05) is 13.1 Å². The molecule has 0 saturated carbocycles. The number of carbonyl (C=O) groups excluding carboxylic acids is 3. The Hall–Kier alpha value is -2.83. The molecule has 132 valence electrons. The van der Waals surface area contributed by atoms with Gasteiger partial charge >= 0.3 is 12.0 Å². The van der Waals surface area contributed by atoms with E-state index < -0.39 is 24.0 Å². The lowest BCUT2D eigenvalue weighted by Crippen LogP contribution is -2.42. The lowest BCUT2D eigenvalue weighted by atomic mass is 10.0.